The molecule has 0 aliphatic carbocycles. The monoisotopic (exact) mass is 210 g/mol. The maximum absolute atomic E-state index is 10.2. The number of rotatable bonds is 2. The van der Waals surface area contributed by atoms with E-state index < -0.39 is 5.97 Å². The molecule has 1 aromatic rings. The quantitative estimate of drug-likeness (QED) is 0.816. The molecule has 0 aliphatic rings. The van der Waals surface area contributed by atoms with Crippen molar-refractivity contribution in [1.82, 2.24) is 0 Å². The Morgan fingerprint density at radius 3 is 2.64 bits per heavy atom. The predicted molar refractivity (Wildman–Crippen MR) is 45.7 cm³/mol. The number of carboxylic acids is 1. The van der Waals surface area contributed by atoms with Gasteiger partial charge in [0.1, 0.15) is 4.34 Å². The SMILES string of the molecule is O=C(O)Cc1cc(Cl)c(Cl)s1. The molecule has 0 radical (unpaired) electrons. The molecule has 0 atom stereocenters. The first-order valence-corrected chi connectivity index (χ1v) is 4.32. The third kappa shape index (κ3) is 2.36. The lowest BCUT2D eigenvalue weighted by atomic mass is 10.3. The standard InChI is InChI=1S/C6H4Cl2O2S/c7-4-1-3(2-5(9)10)11-6(4)8/h1H,2H2,(H,9,10). The molecule has 60 valence electrons. The molecule has 0 aliphatic heterocycles. The van der Waals surface area contributed by atoms with Crippen LogP contribution in [0.4, 0.5) is 0 Å². The van der Waals surface area contributed by atoms with Gasteiger partial charge in [-0.1, -0.05) is 23.2 Å². The summed E-state index contributed by atoms with van der Waals surface area (Å²) in [5.74, 6) is -0.875. The van der Waals surface area contributed by atoms with Gasteiger partial charge in [0.05, 0.1) is 11.4 Å². The van der Waals surface area contributed by atoms with Crippen molar-refractivity contribution in [1.29, 1.82) is 0 Å². The van der Waals surface area contributed by atoms with E-state index in [1.54, 1.807) is 6.07 Å². The summed E-state index contributed by atoms with van der Waals surface area (Å²) in [6.07, 6.45) is -0.0168. The van der Waals surface area contributed by atoms with Gasteiger partial charge in [0.25, 0.3) is 0 Å². The number of carboxylic acid groups (broad SMARTS) is 1. The molecule has 0 spiro atoms. The molecular weight excluding hydrogens is 207 g/mol. The summed E-state index contributed by atoms with van der Waals surface area (Å²) < 4.78 is 0.447. The van der Waals surface area contributed by atoms with Crippen LogP contribution in [0.5, 0.6) is 0 Å². The molecule has 0 unspecified atom stereocenters. The van der Waals surface area contributed by atoms with E-state index in [1.165, 1.54) is 11.3 Å². The summed E-state index contributed by atoms with van der Waals surface area (Å²) in [5.41, 5.74) is 0. The zero-order valence-corrected chi connectivity index (χ0v) is 7.63. The summed E-state index contributed by atoms with van der Waals surface area (Å²) in [4.78, 5) is 10.9. The maximum Gasteiger partial charge on any atom is 0.308 e. The Balaban J connectivity index is 2.81. The summed E-state index contributed by atoms with van der Waals surface area (Å²) in [7, 11) is 0. The van der Waals surface area contributed by atoms with Crippen LogP contribution in [0.15, 0.2) is 6.07 Å². The van der Waals surface area contributed by atoms with Crippen LogP contribution < -0.4 is 0 Å². The first-order valence-electron chi connectivity index (χ1n) is 2.75. The molecule has 1 N–H and O–H groups in total. The van der Waals surface area contributed by atoms with E-state index in [2.05, 4.69) is 0 Å². The lowest BCUT2D eigenvalue weighted by Crippen LogP contribution is -1.96. The topological polar surface area (TPSA) is 37.3 Å². The van der Waals surface area contributed by atoms with E-state index in [0.717, 1.165) is 0 Å². The number of carbonyl (C=O) groups is 1. The Morgan fingerprint density at radius 2 is 2.27 bits per heavy atom. The largest absolute Gasteiger partial charge is 0.481 e. The van der Waals surface area contributed by atoms with Gasteiger partial charge in [-0.2, -0.15) is 0 Å². The number of thiophene rings is 1. The molecule has 0 fully saturated rings. The van der Waals surface area contributed by atoms with Crippen LogP contribution in [-0.2, 0) is 11.2 Å². The van der Waals surface area contributed by atoms with Crippen LogP contribution >= 0.6 is 34.5 Å². The van der Waals surface area contributed by atoms with E-state index in [9.17, 15) is 4.79 Å². The number of hydrogen-bond donors (Lipinski definition) is 1. The van der Waals surface area contributed by atoms with Crippen LogP contribution in [0.1, 0.15) is 4.88 Å². The van der Waals surface area contributed by atoms with E-state index in [0.29, 0.717) is 14.2 Å². The van der Waals surface area contributed by atoms with E-state index in [-0.39, 0.29) is 6.42 Å². The Labute approximate surface area is 77.4 Å². The van der Waals surface area contributed by atoms with E-state index in [1.807, 2.05) is 0 Å². The molecule has 11 heavy (non-hydrogen) atoms. The lowest BCUT2D eigenvalue weighted by Gasteiger charge is -1.85. The highest BCUT2D eigenvalue weighted by atomic mass is 35.5. The minimum absolute atomic E-state index is 0.0168. The van der Waals surface area contributed by atoms with Crippen LogP contribution in [0.25, 0.3) is 0 Å². The van der Waals surface area contributed by atoms with Crippen molar-refractivity contribution in [3.05, 3.63) is 20.3 Å². The fourth-order valence-corrected chi connectivity index (χ4v) is 2.05. The molecule has 0 aromatic carbocycles. The van der Waals surface area contributed by atoms with Gasteiger partial charge in [0, 0.05) is 4.88 Å². The van der Waals surface area contributed by atoms with Crippen LogP contribution in [0, 0.1) is 0 Å². The van der Waals surface area contributed by atoms with Gasteiger partial charge in [-0.25, -0.2) is 0 Å². The van der Waals surface area contributed by atoms with Crippen molar-refractivity contribution in [2.45, 2.75) is 6.42 Å². The van der Waals surface area contributed by atoms with Crippen LogP contribution in [0.2, 0.25) is 9.36 Å². The van der Waals surface area contributed by atoms with Crippen molar-refractivity contribution in [2.24, 2.45) is 0 Å². The van der Waals surface area contributed by atoms with Crippen molar-refractivity contribution in [3.63, 3.8) is 0 Å². The summed E-state index contributed by atoms with van der Waals surface area (Å²) in [6.45, 7) is 0. The minimum atomic E-state index is -0.875. The zero-order chi connectivity index (χ0) is 8.43. The molecular formula is C6H4Cl2O2S. The normalized spacial score (nSPS) is 10.0. The van der Waals surface area contributed by atoms with Gasteiger partial charge in [-0.15, -0.1) is 11.3 Å². The fraction of sp³-hybridized carbons (Fsp3) is 0.167. The second-order valence-electron chi connectivity index (χ2n) is 1.90. The summed E-state index contributed by atoms with van der Waals surface area (Å²) in [6, 6.07) is 1.57. The molecule has 5 heteroatoms. The van der Waals surface area contributed by atoms with Gasteiger partial charge >= 0.3 is 5.97 Å². The molecule has 0 bridgehead atoms. The van der Waals surface area contributed by atoms with Crippen molar-refractivity contribution < 1.29 is 9.90 Å². The van der Waals surface area contributed by atoms with Crippen molar-refractivity contribution in [2.75, 3.05) is 0 Å². The van der Waals surface area contributed by atoms with Crippen LogP contribution in [0.3, 0.4) is 0 Å². The average molecular weight is 211 g/mol. The Bertz CT molecular complexity index is 263. The molecule has 1 aromatic heterocycles. The van der Waals surface area contributed by atoms with Gasteiger partial charge in [-0.3, -0.25) is 4.79 Å². The molecule has 1 heterocycles. The summed E-state index contributed by atoms with van der Waals surface area (Å²) in [5, 5.41) is 8.81. The first kappa shape index (κ1) is 8.84. The third-order valence-corrected chi connectivity index (χ3v) is 2.89. The van der Waals surface area contributed by atoms with Crippen LogP contribution in [-0.4, -0.2) is 11.1 Å². The molecule has 0 saturated heterocycles. The highest BCUT2D eigenvalue weighted by Gasteiger charge is 2.07. The first-order chi connectivity index (χ1) is 5.09. The second-order valence-corrected chi connectivity index (χ2v) is 4.05. The van der Waals surface area contributed by atoms with Gasteiger partial charge < -0.3 is 5.11 Å². The molecule has 0 saturated carbocycles. The lowest BCUT2D eigenvalue weighted by molar-refractivity contribution is -0.136. The highest BCUT2D eigenvalue weighted by Crippen LogP contribution is 2.31. The zero-order valence-electron chi connectivity index (χ0n) is 5.30. The average Bonchev–Trinajstić information content (AvgIpc) is 2.10. The fourth-order valence-electron chi connectivity index (χ4n) is 0.628. The Hall–Kier alpha value is -0.250. The molecule has 0 amide bonds. The molecule has 2 nitrogen and oxygen atoms in total. The predicted octanol–water partition coefficient (Wildman–Crippen LogP) is 2.68. The number of aliphatic carboxylic acids is 1. The van der Waals surface area contributed by atoms with E-state index in [4.69, 9.17) is 28.3 Å². The van der Waals surface area contributed by atoms with Gasteiger partial charge in [-0.05, 0) is 6.07 Å². The minimum Gasteiger partial charge on any atom is -0.481 e. The summed E-state index contributed by atoms with van der Waals surface area (Å²) >= 11 is 12.4. The van der Waals surface area contributed by atoms with Gasteiger partial charge in [0.15, 0.2) is 0 Å². The number of hydrogen-bond acceptors (Lipinski definition) is 2. The smallest absolute Gasteiger partial charge is 0.308 e. The number of halogens is 2. The second kappa shape index (κ2) is 3.43. The van der Waals surface area contributed by atoms with Crippen molar-refractivity contribution in [3.8, 4) is 0 Å². The highest BCUT2D eigenvalue weighted by molar-refractivity contribution is 7.17. The van der Waals surface area contributed by atoms with E-state index >= 15 is 0 Å². The van der Waals surface area contributed by atoms with Gasteiger partial charge in [0.2, 0.25) is 0 Å². The Kier molecular flexibility index (Phi) is 2.76. The Morgan fingerprint density at radius 1 is 1.64 bits per heavy atom. The maximum atomic E-state index is 10.2. The third-order valence-electron chi connectivity index (χ3n) is 1.02. The molecule has 1 rings (SSSR count). The van der Waals surface area contributed by atoms with Crippen molar-refractivity contribution >= 4 is 40.5 Å².